The summed E-state index contributed by atoms with van der Waals surface area (Å²) in [6.07, 6.45) is 0. The van der Waals surface area contributed by atoms with Crippen LogP contribution in [0.5, 0.6) is 0 Å². The summed E-state index contributed by atoms with van der Waals surface area (Å²) >= 11 is 3.42. The molecule has 1 aliphatic rings. The number of rotatable bonds is 4. The number of benzene rings is 1. The van der Waals surface area contributed by atoms with Gasteiger partial charge < -0.3 is 10.6 Å². The molecular weight excluding hydrogens is 354 g/mol. The van der Waals surface area contributed by atoms with Gasteiger partial charge in [0.2, 0.25) is 5.91 Å². The average molecular weight is 377 g/mol. The zero-order valence-corrected chi connectivity index (χ0v) is 14.8. The van der Waals surface area contributed by atoms with Crippen molar-refractivity contribution in [2.75, 3.05) is 26.2 Å². The number of nitrogens with one attached hydrogen (secondary N) is 2. The second-order valence-electron chi connectivity index (χ2n) is 5.36. The van der Waals surface area contributed by atoms with Gasteiger partial charge in [-0.3, -0.25) is 9.69 Å². The summed E-state index contributed by atoms with van der Waals surface area (Å²) < 4.78 is 1.05. The molecule has 1 aliphatic heterocycles. The van der Waals surface area contributed by atoms with Crippen LogP contribution in [0.25, 0.3) is 0 Å². The largest absolute Gasteiger partial charge is 0.348 e. The van der Waals surface area contributed by atoms with E-state index in [0.717, 1.165) is 29.7 Å². The van der Waals surface area contributed by atoms with E-state index in [0.29, 0.717) is 12.6 Å². The van der Waals surface area contributed by atoms with Crippen LogP contribution >= 0.6 is 28.3 Å². The van der Waals surface area contributed by atoms with Crippen LogP contribution in [0.15, 0.2) is 28.7 Å². The molecule has 1 aromatic rings. The van der Waals surface area contributed by atoms with E-state index in [-0.39, 0.29) is 24.4 Å². The van der Waals surface area contributed by atoms with Gasteiger partial charge >= 0.3 is 0 Å². The zero-order chi connectivity index (χ0) is 14.5. The zero-order valence-electron chi connectivity index (χ0n) is 12.4. The lowest BCUT2D eigenvalue weighted by molar-refractivity contribution is -0.123. The predicted molar refractivity (Wildman–Crippen MR) is 91.9 cm³/mol. The van der Waals surface area contributed by atoms with E-state index >= 15 is 0 Å². The summed E-state index contributed by atoms with van der Waals surface area (Å²) in [6.45, 7) is 7.49. The molecule has 2 atom stereocenters. The van der Waals surface area contributed by atoms with Crippen molar-refractivity contribution >= 4 is 34.2 Å². The number of hydrogen-bond donors (Lipinski definition) is 2. The Morgan fingerprint density at radius 2 is 2.14 bits per heavy atom. The molecule has 6 heteroatoms. The van der Waals surface area contributed by atoms with Crippen LogP contribution in [-0.2, 0) is 4.79 Å². The lowest BCUT2D eigenvalue weighted by Crippen LogP contribution is -2.52. The Bertz CT molecular complexity index is 455. The number of piperazine rings is 1. The highest BCUT2D eigenvalue weighted by atomic mass is 79.9. The molecule has 0 spiro atoms. The van der Waals surface area contributed by atoms with Crippen molar-refractivity contribution in [1.82, 2.24) is 15.5 Å². The van der Waals surface area contributed by atoms with Gasteiger partial charge in [-0.15, -0.1) is 12.4 Å². The molecule has 2 rings (SSSR count). The van der Waals surface area contributed by atoms with Crippen molar-refractivity contribution in [2.45, 2.75) is 25.9 Å². The van der Waals surface area contributed by atoms with E-state index in [4.69, 9.17) is 0 Å². The van der Waals surface area contributed by atoms with Crippen molar-refractivity contribution in [3.63, 3.8) is 0 Å². The Balaban J connectivity index is 0.00000220. The average Bonchev–Trinajstić information content (AvgIpc) is 2.42. The molecule has 0 radical (unpaired) electrons. The fourth-order valence-electron chi connectivity index (χ4n) is 2.42. The number of halogens is 2. The molecule has 1 fully saturated rings. The minimum atomic E-state index is 0. The maximum absolute atomic E-state index is 12.1. The standard InChI is InChI=1S/C15H22BrN3O.ClH/c1-11-9-17-7-8-19(11)10-15(20)18-12(2)13-3-5-14(16)6-4-13;/h3-6,11-12,17H,7-10H2,1-2H3,(H,18,20);1H. The second kappa shape index (κ2) is 8.73. The number of hydrogen-bond acceptors (Lipinski definition) is 3. The first-order valence-corrected chi connectivity index (χ1v) is 7.85. The molecule has 0 saturated carbocycles. The first-order chi connectivity index (χ1) is 9.56. The van der Waals surface area contributed by atoms with Crippen LogP contribution in [0.3, 0.4) is 0 Å². The maximum atomic E-state index is 12.1. The van der Waals surface area contributed by atoms with Gasteiger partial charge in [0.1, 0.15) is 0 Å². The number of amides is 1. The van der Waals surface area contributed by atoms with Gasteiger partial charge in [-0.05, 0) is 31.5 Å². The molecule has 0 aromatic heterocycles. The molecule has 0 bridgehead atoms. The van der Waals surface area contributed by atoms with Crippen LogP contribution in [0.4, 0.5) is 0 Å². The second-order valence-corrected chi connectivity index (χ2v) is 6.28. The fourth-order valence-corrected chi connectivity index (χ4v) is 2.69. The Morgan fingerprint density at radius 1 is 1.48 bits per heavy atom. The Labute approximate surface area is 141 Å². The van der Waals surface area contributed by atoms with E-state index in [9.17, 15) is 4.79 Å². The van der Waals surface area contributed by atoms with Gasteiger partial charge in [-0.2, -0.15) is 0 Å². The molecule has 1 saturated heterocycles. The van der Waals surface area contributed by atoms with Crippen molar-refractivity contribution in [3.05, 3.63) is 34.3 Å². The highest BCUT2D eigenvalue weighted by molar-refractivity contribution is 9.10. The molecule has 1 aromatic carbocycles. The minimum absolute atomic E-state index is 0. The SMILES string of the molecule is CC(NC(=O)CN1CCNCC1C)c1ccc(Br)cc1.Cl. The number of carbonyl (C=O) groups is 1. The molecule has 1 heterocycles. The van der Waals surface area contributed by atoms with Crippen LogP contribution in [0.2, 0.25) is 0 Å². The molecule has 4 nitrogen and oxygen atoms in total. The van der Waals surface area contributed by atoms with Crippen molar-refractivity contribution in [2.24, 2.45) is 0 Å². The van der Waals surface area contributed by atoms with Gasteiger partial charge in [0, 0.05) is 30.1 Å². The molecule has 2 N–H and O–H groups in total. The van der Waals surface area contributed by atoms with Gasteiger partial charge in [0.15, 0.2) is 0 Å². The Hall–Kier alpha value is -0.620. The summed E-state index contributed by atoms with van der Waals surface area (Å²) in [7, 11) is 0. The van der Waals surface area contributed by atoms with Crippen LogP contribution in [0, 0.1) is 0 Å². The van der Waals surface area contributed by atoms with E-state index in [1.807, 2.05) is 31.2 Å². The monoisotopic (exact) mass is 375 g/mol. The van der Waals surface area contributed by atoms with Crippen LogP contribution in [0.1, 0.15) is 25.5 Å². The lowest BCUT2D eigenvalue weighted by atomic mass is 10.1. The van der Waals surface area contributed by atoms with E-state index in [2.05, 4.69) is 38.4 Å². The van der Waals surface area contributed by atoms with E-state index in [1.54, 1.807) is 0 Å². The highest BCUT2D eigenvalue weighted by Gasteiger charge is 2.20. The molecular formula is C15H23BrClN3O. The highest BCUT2D eigenvalue weighted by Crippen LogP contribution is 2.16. The molecule has 1 amide bonds. The van der Waals surface area contributed by atoms with Gasteiger partial charge in [-0.25, -0.2) is 0 Å². The third-order valence-electron chi connectivity index (χ3n) is 3.73. The third-order valence-corrected chi connectivity index (χ3v) is 4.26. The Morgan fingerprint density at radius 3 is 2.76 bits per heavy atom. The van der Waals surface area contributed by atoms with Crippen molar-refractivity contribution < 1.29 is 4.79 Å². The molecule has 2 unspecified atom stereocenters. The third kappa shape index (κ3) is 5.58. The molecule has 0 aliphatic carbocycles. The lowest BCUT2D eigenvalue weighted by Gasteiger charge is -2.33. The first-order valence-electron chi connectivity index (χ1n) is 7.06. The topological polar surface area (TPSA) is 44.4 Å². The smallest absolute Gasteiger partial charge is 0.234 e. The summed E-state index contributed by atoms with van der Waals surface area (Å²) in [5, 5.41) is 6.40. The van der Waals surface area contributed by atoms with Gasteiger partial charge in [0.05, 0.1) is 12.6 Å². The van der Waals surface area contributed by atoms with Crippen molar-refractivity contribution in [3.8, 4) is 0 Å². The molecule has 118 valence electrons. The maximum Gasteiger partial charge on any atom is 0.234 e. The number of nitrogens with zero attached hydrogens (tertiary/aromatic N) is 1. The molecule has 21 heavy (non-hydrogen) atoms. The van der Waals surface area contributed by atoms with Crippen LogP contribution in [-0.4, -0.2) is 43.0 Å². The normalized spacial score (nSPS) is 20.4. The summed E-state index contributed by atoms with van der Waals surface area (Å²) in [5.41, 5.74) is 1.12. The van der Waals surface area contributed by atoms with Gasteiger partial charge in [0.25, 0.3) is 0 Å². The minimum Gasteiger partial charge on any atom is -0.348 e. The fraction of sp³-hybridized carbons (Fsp3) is 0.533. The van der Waals surface area contributed by atoms with Gasteiger partial charge in [-0.1, -0.05) is 28.1 Å². The number of carbonyl (C=O) groups excluding carboxylic acids is 1. The quantitative estimate of drug-likeness (QED) is 0.848. The summed E-state index contributed by atoms with van der Waals surface area (Å²) in [4.78, 5) is 14.3. The Kier molecular flexibility index (Phi) is 7.66. The summed E-state index contributed by atoms with van der Waals surface area (Å²) in [5.74, 6) is 0.0918. The first kappa shape index (κ1) is 18.4. The van der Waals surface area contributed by atoms with E-state index in [1.165, 1.54) is 0 Å². The van der Waals surface area contributed by atoms with Crippen LogP contribution < -0.4 is 10.6 Å². The van der Waals surface area contributed by atoms with Crippen molar-refractivity contribution in [1.29, 1.82) is 0 Å². The van der Waals surface area contributed by atoms with E-state index < -0.39 is 0 Å². The predicted octanol–water partition coefficient (Wildman–Crippen LogP) is 2.34. The summed E-state index contributed by atoms with van der Waals surface area (Å²) in [6, 6.07) is 8.50.